The molecule has 0 spiro atoms. The van der Waals surface area contributed by atoms with Crippen molar-refractivity contribution < 1.29 is 0 Å². The molecule has 1 saturated carbocycles. The van der Waals surface area contributed by atoms with E-state index in [1.54, 1.807) is 0 Å². The maximum absolute atomic E-state index is 4.80. The summed E-state index contributed by atoms with van der Waals surface area (Å²) in [5.74, 6) is 0.971. The molecule has 0 aromatic carbocycles. The molecular formula is C21H35N5. The molecule has 26 heavy (non-hydrogen) atoms. The maximum Gasteiger partial charge on any atom is 0.191 e. The molecule has 0 unspecified atom stereocenters. The number of pyridine rings is 1. The van der Waals surface area contributed by atoms with Gasteiger partial charge in [0.05, 0.1) is 0 Å². The number of aromatic nitrogens is 1. The maximum atomic E-state index is 4.80. The lowest BCUT2D eigenvalue weighted by atomic mass is 10.0. The number of rotatable bonds is 6. The van der Waals surface area contributed by atoms with Crippen molar-refractivity contribution in [3.8, 4) is 0 Å². The zero-order valence-corrected chi connectivity index (χ0v) is 16.5. The number of piperidine rings is 1. The molecular weight excluding hydrogens is 322 g/mol. The quantitative estimate of drug-likeness (QED) is 0.607. The number of likely N-dealkylation sites (tertiary alicyclic amines) is 1. The minimum absolute atomic E-state index is 0.549. The van der Waals surface area contributed by atoms with Gasteiger partial charge in [0.25, 0.3) is 0 Å². The largest absolute Gasteiger partial charge is 0.357 e. The van der Waals surface area contributed by atoms with Gasteiger partial charge in [0.2, 0.25) is 0 Å². The number of aliphatic imine (C=N–C) groups is 1. The van der Waals surface area contributed by atoms with Crippen molar-refractivity contribution in [2.75, 3.05) is 26.2 Å². The van der Waals surface area contributed by atoms with Crippen LogP contribution >= 0.6 is 0 Å². The predicted octanol–water partition coefficient (Wildman–Crippen LogP) is 2.89. The fourth-order valence-electron chi connectivity index (χ4n) is 4.26. The van der Waals surface area contributed by atoms with Gasteiger partial charge in [-0.1, -0.05) is 12.8 Å². The minimum atomic E-state index is 0.549. The van der Waals surface area contributed by atoms with Crippen LogP contribution < -0.4 is 10.6 Å². The van der Waals surface area contributed by atoms with Crippen LogP contribution in [0.1, 0.15) is 56.6 Å². The van der Waals surface area contributed by atoms with Gasteiger partial charge in [-0.15, -0.1) is 0 Å². The van der Waals surface area contributed by atoms with Gasteiger partial charge in [-0.05, 0) is 63.1 Å². The van der Waals surface area contributed by atoms with E-state index in [1.807, 2.05) is 12.4 Å². The standard InChI is InChI=1S/C21H35N5/c1-3-23-21(24-13-9-18-8-12-22-16-17(18)2)25-19-10-14-26(15-11-19)20-6-4-5-7-20/h8,12,16,19-20H,3-7,9-11,13-15H2,1-2H3,(H2,23,24,25). The third kappa shape index (κ3) is 5.44. The summed E-state index contributed by atoms with van der Waals surface area (Å²) in [7, 11) is 0. The Balaban J connectivity index is 1.46. The van der Waals surface area contributed by atoms with E-state index in [2.05, 4.69) is 40.4 Å². The van der Waals surface area contributed by atoms with Gasteiger partial charge in [0.15, 0.2) is 5.96 Å². The van der Waals surface area contributed by atoms with Crippen LogP contribution in [0.2, 0.25) is 0 Å². The summed E-state index contributed by atoms with van der Waals surface area (Å²) in [5.41, 5.74) is 2.59. The van der Waals surface area contributed by atoms with Gasteiger partial charge in [0, 0.05) is 50.7 Å². The van der Waals surface area contributed by atoms with Crippen LogP contribution in [-0.2, 0) is 6.42 Å². The summed E-state index contributed by atoms with van der Waals surface area (Å²) in [4.78, 5) is 11.7. The van der Waals surface area contributed by atoms with Crippen LogP contribution in [0.15, 0.2) is 23.5 Å². The number of hydrogen-bond acceptors (Lipinski definition) is 3. The molecule has 2 fully saturated rings. The fraction of sp³-hybridized carbons (Fsp3) is 0.714. The zero-order valence-electron chi connectivity index (χ0n) is 16.5. The van der Waals surface area contributed by atoms with Gasteiger partial charge >= 0.3 is 0 Å². The Kier molecular flexibility index (Phi) is 7.30. The molecule has 1 aliphatic carbocycles. The monoisotopic (exact) mass is 357 g/mol. The van der Waals surface area contributed by atoms with Crippen molar-refractivity contribution in [3.63, 3.8) is 0 Å². The van der Waals surface area contributed by atoms with Gasteiger partial charge in [-0.2, -0.15) is 0 Å². The van der Waals surface area contributed by atoms with Crippen LogP contribution in [0.3, 0.4) is 0 Å². The van der Waals surface area contributed by atoms with Crippen molar-refractivity contribution >= 4 is 5.96 Å². The van der Waals surface area contributed by atoms with E-state index in [9.17, 15) is 0 Å². The van der Waals surface area contributed by atoms with Crippen molar-refractivity contribution in [1.82, 2.24) is 20.5 Å². The smallest absolute Gasteiger partial charge is 0.191 e. The lowest BCUT2D eigenvalue weighted by Gasteiger charge is -2.36. The van der Waals surface area contributed by atoms with Gasteiger partial charge < -0.3 is 15.5 Å². The van der Waals surface area contributed by atoms with E-state index in [-0.39, 0.29) is 0 Å². The molecule has 3 rings (SSSR count). The highest BCUT2D eigenvalue weighted by atomic mass is 15.2. The summed E-state index contributed by atoms with van der Waals surface area (Å²) >= 11 is 0. The highest BCUT2D eigenvalue weighted by Gasteiger charge is 2.27. The Morgan fingerprint density at radius 2 is 2.00 bits per heavy atom. The summed E-state index contributed by atoms with van der Waals surface area (Å²) < 4.78 is 0. The van der Waals surface area contributed by atoms with E-state index >= 15 is 0 Å². The molecule has 2 N–H and O–H groups in total. The Morgan fingerprint density at radius 3 is 2.69 bits per heavy atom. The lowest BCUT2D eigenvalue weighted by Crippen LogP contribution is -2.50. The molecule has 2 heterocycles. The van der Waals surface area contributed by atoms with Crippen LogP contribution in [-0.4, -0.2) is 54.1 Å². The third-order valence-corrected chi connectivity index (χ3v) is 5.84. The number of hydrogen-bond donors (Lipinski definition) is 2. The van der Waals surface area contributed by atoms with Crippen molar-refractivity contribution in [2.24, 2.45) is 4.99 Å². The van der Waals surface area contributed by atoms with Crippen molar-refractivity contribution in [2.45, 2.75) is 70.9 Å². The molecule has 5 heteroatoms. The molecule has 2 aliphatic rings. The fourth-order valence-corrected chi connectivity index (χ4v) is 4.26. The SMILES string of the molecule is CCNC(=NCCc1ccncc1C)NC1CCN(C2CCCC2)CC1. The molecule has 1 aromatic heterocycles. The van der Waals surface area contributed by atoms with Crippen molar-refractivity contribution in [3.05, 3.63) is 29.6 Å². The summed E-state index contributed by atoms with van der Waals surface area (Å²) in [5, 5.41) is 7.08. The van der Waals surface area contributed by atoms with E-state index in [0.717, 1.165) is 31.5 Å². The first-order chi connectivity index (χ1) is 12.8. The Labute approximate surface area is 158 Å². The molecule has 144 valence electrons. The molecule has 0 atom stereocenters. The Bertz CT molecular complexity index is 572. The first kappa shape index (κ1) is 19.2. The first-order valence-electron chi connectivity index (χ1n) is 10.4. The molecule has 0 bridgehead atoms. The minimum Gasteiger partial charge on any atom is -0.357 e. The second-order valence-corrected chi connectivity index (χ2v) is 7.71. The third-order valence-electron chi connectivity index (χ3n) is 5.84. The van der Waals surface area contributed by atoms with Crippen LogP contribution in [0.4, 0.5) is 0 Å². The highest BCUT2D eigenvalue weighted by Crippen LogP contribution is 2.26. The normalized spacial score (nSPS) is 20.5. The average Bonchev–Trinajstić information content (AvgIpc) is 3.19. The predicted molar refractivity (Wildman–Crippen MR) is 109 cm³/mol. The number of guanidine groups is 1. The van der Waals surface area contributed by atoms with Crippen LogP contribution in [0, 0.1) is 6.92 Å². The topological polar surface area (TPSA) is 52.6 Å². The summed E-state index contributed by atoms with van der Waals surface area (Å²) in [6.45, 7) is 8.43. The number of nitrogens with one attached hydrogen (secondary N) is 2. The Morgan fingerprint density at radius 1 is 1.23 bits per heavy atom. The number of nitrogens with zero attached hydrogens (tertiary/aromatic N) is 3. The average molecular weight is 358 g/mol. The lowest BCUT2D eigenvalue weighted by molar-refractivity contribution is 0.150. The van der Waals surface area contributed by atoms with Crippen LogP contribution in [0.25, 0.3) is 0 Å². The second-order valence-electron chi connectivity index (χ2n) is 7.71. The van der Waals surface area contributed by atoms with Crippen LogP contribution in [0.5, 0.6) is 0 Å². The molecule has 0 radical (unpaired) electrons. The highest BCUT2D eigenvalue weighted by molar-refractivity contribution is 5.80. The van der Waals surface area contributed by atoms with Gasteiger partial charge in [-0.25, -0.2) is 0 Å². The molecule has 1 aliphatic heterocycles. The zero-order chi connectivity index (χ0) is 18.2. The van der Waals surface area contributed by atoms with E-state index in [0.29, 0.717) is 6.04 Å². The Hall–Kier alpha value is -1.62. The number of aryl methyl sites for hydroxylation is 1. The van der Waals surface area contributed by atoms with Crippen molar-refractivity contribution in [1.29, 1.82) is 0 Å². The molecule has 1 saturated heterocycles. The molecule has 1 aromatic rings. The summed E-state index contributed by atoms with van der Waals surface area (Å²) in [6, 6.07) is 3.51. The second kappa shape index (κ2) is 9.91. The van der Waals surface area contributed by atoms with E-state index in [4.69, 9.17) is 4.99 Å². The summed E-state index contributed by atoms with van der Waals surface area (Å²) in [6.07, 6.45) is 12.9. The molecule has 5 nitrogen and oxygen atoms in total. The first-order valence-corrected chi connectivity index (χ1v) is 10.4. The van der Waals surface area contributed by atoms with E-state index < -0.39 is 0 Å². The van der Waals surface area contributed by atoms with Gasteiger partial charge in [-0.3, -0.25) is 9.98 Å². The van der Waals surface area contributed by atoms with Gasteiger partial charge in [0.1, 0.15) is 0 Å². The van der Waals surface area contributed by atoms with E-state index in [1.165, 1.54) is 62.7 Å². The molecule has 0 amide bonds.